The van der Waals surface area contributed by atoms with Crippen molar-refractivity contribution in [2.45, 2.75) is 71.8 Å². The van der Waals surface area contributed by atoms with Gasteiger partial charge in [0.05, 0.1) is 46.6 Å². The van der Waals surface area contributed by atoms with Gasteiger partial charge in [-0.25, -0.2) is 8.61 Å². The zero-order valence-corrected chi connectivity index (χ0v) is 29.9. The van der Waals surface area contributed by atoms with Gasteiger partial charge in [-0.05, 0) is 61.7 Å². The summed E-state index contributed by atoms with van der Waals surface area (Å²) in [6.07, 6.45) is 0.970. The summed E-state index contributed by atoms with van der Waals surface area (Å²) in [6, 6.07) is 8.10. The number of carbonyl (C=O) groups is 2. The molecule has 2 aromatic carbocycles. The minimum absolute atomic E-state index is 0.0395. The van der Waals surface area contributed by atoms with Crippen molar-refractivity contribution in [3.8, 4) is 0 Å². The summed E-state index contributed by atoms with van der Waals surface area (Å²) >= 11 is 1.90. The summed E-state index contributed by atoms with van der Waals surface area (Å²) in [5.74, 6) is -1.14. The van der Waals surface area contributed by atoms with Crippen LogP contribution in [0.5, 0.6) is 0 Å². The van der Waals surface area contributed by atoms with Crippen molar-refractivity contribution in [2.75, 3.05) is 25.6 Å². The zero-order chi connectivity index (χ0) is 36.4. The van der Waals surface area contributed by atoms with Gasteiger partial charge in [0.25, 0.3) is 31.6 Å². The van der Waals surface area contributed by atoms with E-state index in [2.05, 4.69) is 10.6 Å². The Morgan fingerprint density at radius 3 is 1.38 bits per heavy atom. The summed E-state index contributed by atoms with van der Waals surface area (Å²) in [5, 5.41) is 29.1. The fourth-order valence-electron chi connectivity index (χ4n) is 6.17. The van der Waals surface area contributed by atoms with Gasteiger partial charge >= 0.3 is 0 Å². The molecule has 18 nitrogen and oxygen atoms in total. The van der Waals surface area contributed by atoms with Crippen LogP contribution in [0.3, 0.4) is 0 Å². The second-order valence-electron chi connectivity index (χ2n) is 11.9. The molecular weight excluding hydrogens is 741 g/mol. The molecule has 3 aliphatic heterocycles. The molecule has 0 aromatic heterocycles. The number of para-hydroxylation sites is 2. The number of piperidine rings is 2. The fraction of sp³-hybridized carbons (Fsp3) is 0.500. The lowest BCUT2D eigenvalue weighted by Crippen LogP contribution is -2.71. The van der Waals surface area contributed by atoms with Crippen molar-refractivity contribution >= 4 is 67.3 Å². The molecule has 272 valence electrons. The Hall–Kier alpha value is -3.38. The Morgan fingerprint density at radius 1 is 0.680 bits per heavy atom. The van der Waals surface area contributed by atoms with Gasteiger partial charge in [-0.3, -0.25) is 38.2 Å². The summed E-state index contributed by atoms with van der Waals surface area (Å²) in [6.45, 7) is -0.0791. The minimum atomic E-state index is -3.85. The lowest BCUT2D eigenvalue weighted by molar-refractivity contribution is -0.387. The highest BCUT2D eigenvalue weighted by Gasteiger charge is 2.48. The van der Waals surface area contributed by atoms with Crippen molar-refractivity contribution < 1.29 is 44.6 Å². The summed E-state index contributed by atoms with van der Waals surface area (Å²) in [4.78, 5) is 50.5. The molecule has 3 saturated heterocycles. The predicted octanol–water partition coefficient (Wildman–Crippen LogP) is 1.82. The number of piperazine rings is 1. The first-order valence-corrected chi connectivity index (χ1v) is 20.4. The second kappa shape index (κ2) is 15.5. The van der Waals surface area contributed by atoms with Crippen LogP contribution in [-0.4, -0.2) is 109 Å². The maximum atomic E-state index is 13.8. The fourth-order valence-corrected chi connectivity index (χ4v) is 9.93. The number of hydrogen-bond donors (Lipinski definition) is 2. The van der Waals surface area contributed by atoms with E-state index in [4.69, 9.17) is 8.37 Å². The topological polar surface area (TPSA) is 238 Å². The van der Waals surface area contributed by atoms with Crippen molar-refractivity contribution in [2.24, 2.45) is 0 Å². The predicted molar refractivity (Wildman–Crippen MR) is 181 cm³/mol. The Bertz CT molecular complexity index is 1730. The first kappa shape index (κ1) is 37.9. The standard InChI is InChI=1S/C28H34N6O12S4/c1-49(41,42)45-17-11-13-21(31(15-17)47-23-9-5-3-7-19(23)33(37)38)25-27(35)30-26(28(36)29-25)22-14-12-18(46-50(2,43)44)16-32(22)48-24-10-6-4-8-20(24)34(39)40/h3-10,17-18,21-22,25-26H,11-16H2,1-2H3,(H,29,36)(H,30,35). The van der Waals surface area contributed by atoms with Crippen LogP contribution in [0.4, 0.5) is 11.4 Å². The molecule has 3 aliphatic rings. The van der Waals surface area contributed by atoms with Crippen LogP contribution in [0.25, 0.3) is 0 Å². The monoisotopic (exact) mass is 774 g/mol. The number of nitrogens with one attached hydrogen (secondary N) is 2. The third-order valence-corrected chi connectivity index (χ3v) is 11.8. The number of nitrogens with zero attached hydrogens (tertiary/aromatic N) is 4. The van der Waals surface area contributed by atoms with Crippen LogP contribution in [0.1, 0.15) is 25.7 Å². The van der Waals surface area contributed by atoms with Crippen molar-refractivity contribution in [1.29, 1.82) is 0 Å². The highest BCUT2D eigenvalue weighted by atomic mass is 32.2. The van der Waals surface area contributed by atoms with Gasteiger partial charge in [0.15, 0.2) is 0 Å². The highest BCUT2D eigenvalue weighted by Crippen LogP contribution is 2.40. The normalized spacial score (nSPS) is 26.9. The molecule has 22 heteroatoms. The average molecular weight is 775 g/mol. The van der Waals surface area contributed by atoms with Crippen LogP contribution in [-0.2, 0) is 38.2 Å². The van der Waals surface area contributed by atoms with Crippen molar-refractivity contribution in [3.05, 3.63) is 68.8 Å². The van der Waals surface area contributed by atoms with Crippen LogP contribution >= 0.6 is 23.9 Å². The Labute approximate surface area is 296 Å². The molecular formula is C28H34N6O12S4. The molecule has 6 unspecified atom stereocenters. The van der Waals surface area contributed by atoms with Gasteiger partial charge in [0.1, 0.15) is 21.9 Å². The highest BCUT2D eigenvalue weighted by molar-refractivity contribution is 7.97. The quantitative estimate of drug-likeness (QED) is 0.135. The van der Waals surface area contributed by atoms with Crippen LogP contribution in [0.15, 0.2) is 58.3 Å². The van der Waals surface area contributed by atoms with E-state index in [0.717, 1.165) is 36.4 Å². The number of amides is 2. The van der Waals surface area contributed by atoms with Gasteiger partial charge < -0.3 is 10.6 Å². The van der Waals surface area contributed by atoms with Crippen LogP contribution in [0, 0.1) is 20.2 Å². The van der Waals surface area contributed by atoms with Crippen LogP contribution < -0.4 is 10.6 Å². The first-order valence-electron chi connectivity index (χ1n) is 15.2. The largest absolute Gasteiger partial charge is 0.341 e. The molecule has 0 saturated carbocycles. The van der Waals surface area contributed by atoms with E-state index in [1.807, 2.05) is 0 Å². The van der Waals surface area contributed by atoms with Gasteiger partial charge in [0, 0.05) is 25.2 Å². The first-order chi connectivity index (χ1) is 23.5. The Morgan fingerprint density at radius 2 is 1.04 bits per heavy atom. The average Bonchev–Trinajstić information content (AvgIpc) is 3.01. The third kappa shape index (κ3) is 9.48. The Balaban J connectivity index is 1.39. The van der Waals surface area contributed by atoms with Gasteiger partial charge in [0.2, 0.25) is 11.8 Å². The summed E-state index contributed by atoms with van der Waals surface area (Å²) in [7, 11) is -7.70. The number of rotatable bonds is 12. The molecule has 0 spiro atoms. The second-order valence-corrected chi connectivity index (χ2v) is 17.3. The van der Waals surface area contributed by atoms with E-state index in [9.17, 15) is 46.7 Å². The molecule has 50 heavy (non-hydrogen) atoms. The van der Waals surface area contributed by atoms with Gasteiger partial charge in [-0.2, -0.15) is 16.8 Å². The Kier molecular flexibility index (Phi) is 11.7. The van der Waals surface area contributed by atoms with Gasteiger partial charge in [-0.1, -0.05) is 24.3 Å². The molecule has 3 fully saturated rings. The third-order valence-electron chi connectivity index (χ3n) is 8.18. The summed E-state index contributed by atoms with van der Waals surface area (Å²) < 4.78 is 61.3. The van der Waals surface area contributed by atoms with E-state index in [1.54, 1.807) is 20.7 Å². The minimum Gasteiger partial charge on any atom is -0.341 e. The SMILES string of the molecule is CS(=O)(=O)OC1CCC(C2NC(=O)C(C3CCC(OS(C)(=O)=O)CN3Sc3ccccc3[N+](=O)[O-])NC2=O)N(Sc2ccccc2[N+](=O)[O-])C1. The lowest BCUT2D eigenvalue weighted by Gasteiger charge is -2.46. The molecule has 2 N–H and O–H groups in total. The van der Waals surface area contributed by atoms with Gasteiger partial charge in [-0.15, -0.1) is 0 Å². The molecule has 5 rings (SSSR count). The molecule has 0 aliphatic carbocycles. The van der Waals surface area contributed by atoms with Crippen molar-refractivity contribution in [1.82, 2.24) is 19.2 Å². The van der Waals surface area contributed by atoms with E-state index in [0.29, 0.717) is 0 Å². The number of benzene rings is 2. The van der Waals surface area contributed by atoms with Crippen LogP contribution in [0.2, 0.25) is 0 Å². The maximum Gasteiger partial charge on any atom is 0.284 e. The van der Waals surface area contributed by atoms with E-state index in [-0.39, 0.29) is 59.9 Å². The molecule has 6 atom stereocenters. The van der Waals surface area contributed by atoms with Crippen molar-refractivity contribution in [3.63, 3.8) is 0 Å². The van der Waals surface area contributed by atoms with E-state index < -0.39 is 78.3 Å². The zero-order valence-electron chi connectivity index (χ0n) is 26.6. The molecule has 0 radical (unpaired) electrons. The number of hydrogen-bond acceptors (Lipinski definition) is 16. The van der Waals surface area contributed by atoms with E-state index >= 15 is 0 Å². The summed E-state index contributed by atoms with van der Waals surface area (Å²) in [5.41, 5.74) is -0.405. The number of carbonyl (C=O) groups excluding carboxylic acids is 2. The molecule has 0 bridgehead atoms. The molecule has 3 heterocycles. The maximum absolute atomic E-state index is 13.8. The molecule has 2 aromatic rings. The number of nitro groups is 2. The van der Waals surface area contributed by atoms with E-state index in [1.165, 1.54) is 36.4 Å². The smallest absolute Gasteiger partial charge is 0.284 e. The molecule has 2 amide bonds. The lowest BCUT2D eigenvalue weighted by atomic mass is 9.90. The number of nitro benzene ring substituents is 2.